The van der Waals surface area contributed by atoms with Crippen LogP contribution in [0.1, 0.15) is 41.6 Å². The summed E-state index contributed by atoms with van der Waals surface area (Å²) in [5.41, 5.74) is 1.09. The van der Waals surface area contributed by atoms with Gasteiger partial charge in [0.1, 0.15) is 5.76 Å². The molecule has 0 fully saturated rings. The van der Waals surface area contributed by atoms with Gasteiger partial charge in [0.25, 0.3) is 0 Å². The lowest BCUT2D eigenvalue weighted by atomic mass is 10.1. The van der Waals surface area contributed by atoms with Crippen molar-refractivity contribution < 1.29 is 22.4 Å². The highest BCUT2D eigenvalue weighted by Crippen LogP contribution is 2.15. The molecule has 0 aliphatic carbocycles. The molecule has 0 spiro atoms. The summed E-state index contributed by atoms with van der Waals surface area (Å²) < 4.78 is 36.3. The number of aryl methyl sites for hydroxylation is 2. The summed E-state index contributed by atoms with van der Waals surface area (Å²) in [6.07, 6.45) is 2.62. The van der Waals surface area contributed by atoms with Crippen molar-refractivity contribution in [1.29, 1.82) is 0 Å². The molecule has 0 N–H and O–H groups in total. The Bertz CT molecular complexity index is 878. The number of rotatable bonds is 11. The van der Waals surface area contributed by atoms with Crippen molar-refractivity contribution in [2.75, 3.05) is 26.0 Å². The molecule has 2 rings (SSSR count). The number of nitrogens with zero attached hydrogens (tertiary/aromatic N) is 1. The fraction of sp³-hybridized carbons (Fsp3) is 0.450. The molecule has 2 aromatic rings. The van der Waals surface area contributed by atoms with E-state index in [2.05, 4.69) is 4.74 Å². The Morgan fingerprint density at radius 1 is 1.14 bits per heavy atom. The fourth-order valence-corrected chi connectivity index (χ4v) is 4.27. The smallest absolute Gasteiger partial charge is 0.373 e. The Morgan fingerprint density at radius 2 is 1.86 bits per heavy atom. The highest BCUT2D eigenvalue weighted by atomic mass is 35.5. The van der Waals surface area contributed by atoms with Crippen LogP contribution in [0.3, 0.4) is 0 Å². The third-order valence-electron chi connectivity index (χ3n) is 4.40. The third kappa shape index (κ3) is 6.65. The van der Waals surface area contributed by atoms with E-state index in [1.54, 1.807) is 19.1 Å². The lowest BCUT2D eigenvalue weighted by molar-refractivity contribution is 0.0563. The SMILES string of the molecule is CCS(=O)(=O)N(CCCc1cccc(Cl)c1)CCCc1ccc(C(=O)OC)o1. The van der Waals surface area contributed by atoms with Crippen LogP contribution in [-0.4, -0.2) is 44.6 Å². The van der Waals surface area contributed by atoms with E-state index in [1.807, 2.05) is 24.3 Å². The number of esters is 1. The molecule has 154 valence electrons. The summed E-state index contributed by atoms with van der Waals surface area (Å²) >= 11 is 5.99. The van der Waals surface area contributed by atoms with Gasteiger partial charge in [-0.15, -0.1) is 0 Å². The molecular weight excluding hydrogens is 402 g/mol. The Balaban J connectivity index is 1.88. The summed E-state index contributed by atoms with van der Waals surface area (Å²) in [7, 11) is -1.99. The van der Waals surface area contributed by atoms with Crippen LogP contribution in [0.25, 0.3) is 0 Å². The van der Waals surface area contributed by atoms with Crippen LogP contribution in [0.5, 0.6) is 0 Å². The Kier molecular flexibility index (Phi) is 8.54. The maximum atomic E-state index is 12.4. The second-order valence-corrected chi connectivity index (χ2v) is 9.09. The quantitative estimate of drug-likeness (QED) is 0.507. The van der Waals surface area contributed by atoms with E-state index in [0.717, 1.165) is 12.0 Å². The number of methoxy groups -OCH3 is 1. The van der Waals surface area contributed by atoms with Crippen LogP contribution in [-0.2, 0) is 27.6 Å². The van der Waals surface area contributed by atoms with Crippen LogP contribution in [0.2, 0.25) is 5.02 Å². The highest BCUT2D eigenvalue weighted by Gasteiger charge is 2.19. The van der Waals surface area contributed by atoms with Crippen molar-refractivity contribution in [3.8, 4) is 0 Å². The van der Waals surface area contributed by atoms with Gasteiger partial charge >= 0.3 is 5.97 Å². The van der Waals surface area contributed by atoms with Crippen molar-refractivity contribution in [1.82, 2.24) is 4.31 Å². The van der Waals surface area contributed by atoms with Crippen LogP contribution in [0.15, 0.2) is 40.8 Å². The van der Waals surface area contributed by atoms with E-state index in [-0.39, 0.29) is 11.5 Å². The van der Waals surface area contributed by atoms with E-state index < -0.39 is 16.0 Å². The summed E-state index contributed by atoms with van der Waals surface area (Å²) in [4.78, 5) is 11.4. The minimum Gasteiger partial charge on any atom is -0.463 e. The molecule has 0 aliphatic heterocycles. The molecule has 0 saturated heterocycles. The summed E-state index contributed by atoms with van der Waals surface area (Å²) in [6.45, 7) is 2.50. The lowest BCUT2D eigenvalue weighted by Crippen LogP contribution is -2.34. The predicted molar refractivity (Wildman–Crippen MR) is 109 cm³/mol. The van der Waals surface area contributed by atoms with Gasteiger partial charge in [-0.3, -0.25) is 0 Å². The van der Waals surface area contributed by atoms with Crippen molar-refractivity contribution in [2.45, 2.75) is 32.6 Å². The molecule has 0 unspecified atom stereocenters. The van der Waals surface area contributed by atoms with Gasteiger partial charge in [0.2, 0.25) is 15.8 Å². The number of carbonyl (C=O) groups excluding carboxylic acids is 1. The number of hydrogen-bond donors (Lipinski definition) is 0. The Hall–Kier alpha value is -1.83. The van der Waals surface area contributed by atoms with Gasteiger partial charge < -0.3 is 9.15 Å². The minimum absolute atomic E-state index is 0.0669. The fourth-order valence-electron chi connectivity index (χ4n) is 2.88. The zero-order valence-electron chi connectivity index (χ0n) is 16.2. The minimum atomic E-state index is -3.29. The molecule has 0 bridgehead atoms. The number of halogens is 1. The molecule has 6 nitrogen and oxygen atoms in total. The summed E-state index contributed by atoms with van der Waals surface area (Å²) in [6, 6.07) is 10.9. The molecule has 0 radical (unpaired) electrons. The molecule has 8 heteroatoms. The number of ether oxygens (including phenoxy) is 1. The summed E-state index contributed by atoms with van der Waals surface area (Å²) in [5.74, 6) is 0.324. The van der Waals surface area contributed by atoms with Crippen LogP contribution >= 0.6 is 11.6 Å². The average molecular weight is 428 g/mol. The highest BCUT2D eigenvalue weighted by molar-refractivity contribution is 7.89. The van der Waals surface area contributed by atoms with E-state index in [9.17, 15) is 13.2 Å². The van der Waals surface area contributed by atoms with E-state index in [1.165, 1.54) is 11.4 Å². The first-order chi connectivity index (χ1) is 13.4. The lowest BCUT2D eigenvalue weighted by Gasteiger charge is -2.21. The number of carbonyl (C=O) groups is 1. The van der Waals surface area contributed by atoms with Crippen molar-refractivity contribution in [3.05, 3.63) is 58.5 Å². The van der Waals surface area contributed by atoms with Crippen molar-refractivity contribution >= 4 is 27.6 Å². The standard InChI is InChI=1S/C20H26ClNO5S/c1-3-28(24,25)22(13-5-8-16-7-4-9-17(21)15-16)14-6-10-18-11-12-19(27-18)20(23)26-2/h4,7,9,11-12,15H,3,5-6,8,10,13-14H2,1-2H3. The number of sulfonamides is 1. The first kappa shape index (κ1) is 22.5. The molecule has 0 atom stereocenters. The van der Waals surface area contributed by atoms with E-state index in [0.29, 0.717) is 43.1 Å². The molecule has 28 heavy (non-hydrogen) atoms. The molecule has 0 amide bonds. The number of furan rings is 1. The molecular formula is C20H26ClNO5S. The van der Waals surface area contributed by atoms with Gasteiger partial charge in [-0.1, -0.05) is 23.7 Å². The van der Waals surface area contributed by atoms with Gasteiger partial charge in [-0.05, 0) is 56.0 Å². The second kappa shape index (κ2) is 10.6. The predicted octanol–water partition coefficient (Wildman–Crippen LogP) is 3.94. The molecule has 1 heterocycles. The van der Waals surface area contributed by atoms with Gasteiger partial charge in [-0.25, -0.2) is 17.5 Å². The maximum absolute atomic E-state index is 12.4. The topological polar surface area (TPSA) is 76.8 Å². The maximum Gasteiger partial charge on any atom is 0.373 e. The molecule has 1 aromatic heterocycles. The second-order valence-electron chi connectivity index (χ2n) is 6.39. The first-order valence-corrected chi connectivity index (χ1v) is 11.2. The van der Waals surface area contributed by atoms with E-state index in [4.69, 9.17) is 16.0 Å². The zero-order chi connectivity index (χ0) is 20.6. The third-order valence-corrected chi connectivity index (χ3v) is 6.52. The van der Waals surface area contributed by atoms with Gasteiger partial charge in [0, 0.05) is 24.5 Å². The zero-order valence-corrected chi connectivity index (χ0v) is 17.8. The molecule has 1 aromatic carbocycles. The monoisotopic (exact) mass is 427 g/mol. The Labute approximate surface area is 171 Å². The van der Waals surface area contributed by atoms with Crippen LogP contribution in [0.4, 0.5) is 0 Å². The van der Waals surface area contributed by atoms with Crippen molar-refractivity contribution in [2.24, 2.45) is 0 Å². The van der Waals surface area contributed by atoms with Crippen LogP contribution < -0.4 is 0 Å². The van der Waals surface area contributed by atoms with E-state index >= 15 is 0 Å². The normalized spacial score (nSPS) is 11.7. The van der Waals surface area contributed by atoms with Crippen molar-refractivity contribution in [3.63, 3.8) is 0 Å². The van der Waals surface area contributed by atoms with Gasteiger partial charge in [-0.2, -0.15) is 0 Å². The first-order valence-electron chi connectivity index (χ1n) is 9.25. The molecule has 0 saturated carbocycles. The average Bonchev–Trinajstić information content (AvgIpc) is 3.15. The Morgan fingerprint density at radius 3 is 2.50 bits per heavy atom. The number of benzene rings is 1. The summed E-state index contributed by atoms with van der Waals surface area (Å²) in [5, 5.41) is 0.681. The van der Waals surface area contributed by atoms with Gasteiger partial charge in [0.15, 0.2) is 0 Å². The largest absolute Gasteiger partial charge is 0.463 e. The number of hydrogen-bond acceptors (Lipinski definition) is 5. The van der Waals surface area contributed by atoms with Gasteiger partial charge in [0.05, 0.1) is 12.9 Å². The molecule has 0 aliphatic rings. The van der Waals surface area contributed by atoms with Crippen LogP contribution in [0, 0.1) is 0 Å².